The van der Waals surface area contributed by atoms with Gasteiger partial charge in [0.05, 0.1) is 22.8 Å². The van der Waals surface area contributed by atoms with Crippen LogP contribution in [-0.2, 0) is 4.74 Å². The molecule has 0 spiro atoms. The predicted molar refractivity (Wildman–Crippen MR) is 79.8 cm³/mol. The first kappa shape index (κ1) is 14.7. The zero-order chi connectivity index (χ0) is 14.7. The first-order valence-corrected chi connectivity index (χ1v) is 7.71. The number of carbonyl (C=O) groups excluding carboxylic acids is 2. The second-order valence-electron chi connectivity index (χ2n) is 4.06. The van der Waals surface area contributed by atoms with Gasteiger partial charge in [0.15, 0.2) is 0 Å². The number of thiophene rings is 1. The van der Waals surface area contributed by atoms with E-state index in [9.17, 15) is 9.59 Å². The monoisotopic (exact) mass is 310 g/mol. The van der Waals surface area contributed by atoms with Crippen LogP contribution in [0.25, 0.3) is 0 Å². The van der Waals surface area contributed by atoms with E-state index in [0.29, 0.717) is 27.1 Å². The Kier molecular flexibility index (Phi) is 4.51. The molecule has 2 rings (SSSR count). The van der Waals surface area contributed by atoms with Crippen LogP contribution in [0.5, 0.6) is 0 Å². The first-order chi connectivity index (χ1) is 9.52. The third kappa shape index (κ3) is 3.05. The smallest absolute Gasteiger partial charge is 0.348 e. The van der Waals surface area contributed by atoms with Gasteiger partial charge in [-0.15, -0.1) is 22.7 Å². The van der Waals surface area contributed by atoms with Gasteiger partial charge >= 0.3 is 5.97 Å². The number of hydrogen-bond donors (Lipinski definition) is 1. The molecular weight excluding hydrogens is 296 g/mol. The van der Waals surface area contributed by atoms with Crippen LogP contribution >= 0.6 is 22.7 Å². The molecule has 0 aromatic carbocycles. The molecule has 0 fully saturated rings. The van der Waals surface area contributed by atoms with Gasteiger partial charge in [0.2, 0.25) is 0 Å². The first-order valence-electron chi connectivity index (χ1n) is 6.02. The third-order valence-corrected chi connectivity index (χ3v) is 4.63. The summed E-state index contributed by atoms with van der Waals surface area (Å²) in [6.07, 6.45) is 0. The van der Waals surface area contributed by atoms with E-state index in [1.54, 1.807) is 25.4 Å². The summed E-state index contributed by atoms with van der Waals surface area (Å²) in [5.74, 6) is -0.564. The number of aryl methyl sites for hydroxylation is 2. The molecule has 0 atom stereocenters. The van der Waals surface area contributed by atoms with Gasteiger partial charge in [0, 0.05) is 0 Å². The zero-order valence-corrected chi connectivity index (χ0v) is 13.0. The van der Waals surface area contributed by atoms with Gasteiger partial charge in [-0.05, 0) is 32.4 Å². The standard InChI is InChI=1S/C13H14N2O3S2/c1-4-18-13(17)10-7(2)5-9(20-10)15-12(16)11-8(3)14-6-19-11/h5-6H,4H2,1-3H3,(H,15,16). The van der Waals surface area contributed by atoms with Gasteiger partial charge in [-0.3, -0.25) is 4.79 Å². The van der Waals surface area contributed by atoms with Gasteiger partial charge in [0.25, 0.3) is 5.91 Å². The summed E-state index contributed by atoms with van der Waals surface area (Å²) in [7, 11) is 0. The fourth-order valence-electron chi connectivity index (χ4n) is 1.63. The number of amides is 1. The maximum atomic E-state index is 12.1. The Balaban J connectivity index is 2.15. The van der Waals surface area contributed by atoms with Crippen LogP contribution < -0.4 is 5.32 Å². The maximum Gasteiger partial charge on any atom is 0.348 e. The van der Waals surface area contributed by atoms with Gasteiger partial charge in [-0.1, -0.05) is 0 Å². The van der Waals surface area contributed by atoms with Crippen LogP contribution in [0.3, 0.4) is 0 Å². The minimum atomic E-state index is -0.357. The molecule has 20 heavy (non-hydrogen) atoms. The molecule has 0 aliphatic rings. The highest BCUT2D eigenvalue weighted by Crippen LogP contribution is 2.28. The molecule has 0 saturated heterocycles. The van der Waals surface area contributed by atoms with Crippen molar-refractivity contribution in [1.82, 2.24) is 4.98 Å². The molecule has 5 nitrogen and oxygen atoms in total. The summed E-state index contributed by atoms with van der Waals surface area (Å²) in [6.45, 7) is 5.69. The Hall–Kier alpha value is -1.73. The van der Waals surface area contributed by atoms with E-state index in [-0.39, 0.29) is 11.9 Å². The minimum Gasteiger partial charge on any atom is -0.462 e. The van der Waals surface area contributed by atoms with Crippen LogP contribution in [0, 0.1) is 13.8 Å². The highest BCUT2D eigenvalue weighted by molar-refractivity contribution is 7.18. The molecule has 2 aromatic heterocycles. The van der Waals surface area contributed by atoms with Gasteiger partial charge in [-0.2, -0.15) is 0 Å². The second-order valence-corrected chi connectivity index (χ2v) is 5.97. The van der Waals surface area contributed by atoms with Crippen LogP contribution in [-0.4, -0.2) is 23.5 Å². The van der Waals surface area contributed by atoms with Crippen molar-refractivity contribution in [3.05, 3.63) is 32.6 Å². The Morgan fingerprint density at radius 2 is 2.10 bits per heavy atom. The van der Waals surface area contributed by atoms with Gasteiger partial charge in [-0.25, -0.2) is 9.78 Å². The highest BCUT2D eigenvalue weighted by atomic mass is 32.1. The number of nitrogens with one attached hydrogen (secondary N) is 1. The minimum absolute atomic E-state index is 0.207. The molecule has 1 N–H and O–H groups in total. The molecule has 2 aromatic rings. The van der Waals surface area contributed by atoms with Crippen molar-refractivity contribution in [1.29, 1.82) is 0 Å². The Bertz CT molecular complexity index is 646. The second kappa shape index (κ2) is 6.15. The zero-order valence-electron chi connectivity index (χ0n) is 11.4. The largest absolute Gasteiger partial charge is 0.462 e. The summed E-state index contributed by atoms with van der Waals surface area (Å²) in [5.41, 5.74) is 3.13. The van der Waals surface area contributed by atoms with Crippen molar-refractivity contribution in [2.75, 3.05) is 11.9 Å². The number of esters is 1. The molecule has 1 amide bonds. The van der Waals surface area contributed by atoms with Crippen molar-refractivity contribution < 1.29 is 14.3 Å². The van der Waals surface area contributed by atoms with E-state index >= 15 is 0 Å². The predicted octanol–water partition coefficient (Wildman–Crippen LogP) is 3.25. The number of carbonyl (C=O) groups is 2. The Morgan fingerprint density at radius 1 is 1.35 bits per heavy atom. The lowest BCUT2D eigenvalue weighted by Crippen LogP contribution is -2.10. The maximum absolute atomic E-state index is 12.1. The van der Waals surface area contributed by atoms with E-state index in [1.165, 1.54) is 22.7 Å². The van der Waals surface area contributed by atoms with Gasteiger partial charge < -0.3 is 10.1 Å². The number of aromatic nitrogens is 1. The number of hydrogen-bond acceptors (Lipinski definition) is 6. The quantitative estimate of drug-likeness (QED) is 0.880. The number of nitrogens with zero attached hydrogens (tertiary/aromatic N) is 1. The lowest BCUT2D eigenvalue weighted by atomic mass is 10.3. The Labute approximate surface area is 124 Å². The fourth-order valence-corrected chi connectivity index (χ4v) is 3.29. The Morgan fingerprint density at radius 3 is 2.70 bits per heavy atom. The molecule has 0 saturated carbocycles. The summed E-state index contributed by atoms with van der Waals surface area (Å²) in [6, 6.07) is 1.77. The number of ether oxygens (including phenoxy) is 1. The van der Waals surface area contributed by atoms with Crippen molar-refractivity contribution in [2.24, 2.45) is 0 Å². The van der Waals surface area contributed by atoms with Crippen LogP contribution in [0.1, 0.15) is 37.5 Å². The average molecular weight is 310 g/mol. The molecule has 0 unspecified atom stereocenters. The topological polar surface area (TPSA) is 68.3 Å². The SMILES string of the molecule is CCOC(=O)c1sc(NC(=O)c2scnc2C)cc1C. The van der Waals surface area contributed by atoms with Gasteiger partial charge in [0.1, 0.15) is 9.75 Å². The molecule has 0 radical (unpaired) electrons. The highest BCUT2D eigenvalue weighted by Gasteiger charge is 2.17. The number of anilines is 1. The number of rotatable bonds is 4. The van der Waals surface area contributed by atoms with Crippen molar-refractivity contribution in [3.63, 3.8) is 0 Å². The average Bonchev–Trinajstić information content (AvgIpc) is 2.96. The van der Waals surface area contributed by atoms with E-state index in [1.807, 2.05) is 6.92 Å². The summed E-state index contributed by atoms with van der Waals surface area (Å²) in [4.78, 5) is 28.9. The van der Waals surface area contributed by atoms with Crippen LogP contribution in [0.2, 0.25) is 0 Å². The molecule has 0 aliphatic heterocycles. The molecule has 2 heterocycles. The lowest BCUT2D eigenvalue weighted by molar-refractivity contribution is 0.0531. The number of thiazole rings is 1. The van der Waals surface area contributed by atoms with E-state index in [4.69, 9.17) is 4.74 Å². The van der Waals surface area contributed by atoms with Crippen molar-refractivity contribution >= 4 is 39.6 Å². The third-order valence-electron chi connectivity index (χ3n) is 2.57. The molecule has 106 valence electrons. The lowest BCUT2D eigenvalue weighted by Gasteiger charge is -2.00. The molecule has 0 bridgehead atoms. The fraction of sp³-hybridized carbons (Fsp3) is 0.308. The molecule has 0 aliphatic carbocycles. The van der Waals surface area contributed by atoms with E-state index < -0.39 is 0 Å². The summed E-state index contributed by atoms with van der Waals surface area (Å²) in [5, 5.41) is 3.41. The normalized spacial score (nSPS) is 10.3. The van der Waals surface area contributed by atoms with Crippen molar-refractivity contribution in [3.8, 4) is 0 Å². The van der Waals surface area contributed by atoms with Crippen LogP contribution in [0.15, 0.2) is 11.6 Å². The summed E-state index contributed by atoms with van der Waals surface area (Å²) < 4.78 is 4.97. The van der Waals surface area contributed by atoms with E-state index in [2.05, 4.69) is 10.3 Å². The molecular formula is C13H14N2O3S2. The summed E-state index contributed by atoms with van der Waals surface area (Å²) >= 11 is 2.51. The van der Waals surface area contributed by atoms with E-state index in [0.717, 1.165) is 5.56 Å². The van der Waals surface area contributed by atoms with Crippen LogP contribution in [0.4, 0.5) is 5.00 Å². The van der Waals surface area contributed by atoms with Crippen molar-refractivity contribution in [2.45, 2.75) is 20.8 Å². The molecule has 7 heteroatoms.